The molecule has 13 heteroatoms. The first-order valence-electron chi connectivity index (χ1n) is 11.5. The number of hydrogen-bond acceptors (Lipinski definition) is 6. The molecule has 9 nitrogen and oxygen atoms in total. The lowest BCUT2D eigenvalue weighted by Crippen LogP contribution is -2.50. The summed E-state index contributed by atoms with van der Waals surface area (Å²) in [4.78, 5) is 29.3. The molecule has 1 atom stereocenters. The van der Waals surface area contributed by atoms with Crippen LogP contribution in [0.4, 0.5) is 20.6 Å². The van der Waals surface area contributed by atoms with Gasteiger partial charge in [0.2, 0.25) is 0 Å². The number of amides is 2. The number of ether oxygens (including phenoxy) is 1. The van der Waals surface area contributed by atoms with Crippen molar-refractivity contribution in [3.63, 3.8) is 0 Å². The van der Waals surface area contributed by atoms with Crippen LogP contribution in [0.2, 0.25) is 10.0 Å². The van der Waals surface area contributed by atoms with E-state index in [1.54, 1.807) is 19.9 Å². The van der Waals surface area contributed by atoms with Crippen molar-refractivity contribution in [3.8, 4) is 0 Å². The molecule has 200 valence electrons. The number of anilines is 2. The lowest BCUT2D eigenvalue weighted by atomic mass is 10.0. The molecule has 0 aliphatic carbocycles. The first-order chi connectivity index (χ1) is 18.0. The Hall–Kier alpha value is -3.41. The number of nitrogens with one attached hydrogen (secondary N) is 2. The van der Waals surface area contributed by atoms with Crippen LogP contribution < -0.4 is 14.9 Å². The van der Waals surface area contributed by atoms with Crippen LogP contribution in [-0.2, 0) is 21.2 Å². The van der Waals surface area contributed by atoms with Gasteiger partial charge in [0.15, 0.2) is 0 Å². The normalized spacial score (nSPS) is 15.1. The first-order valence-corrected chi connectivity index (χ1v) is 13.6. The van der Waals surface area contributed by atoms with Crippen LogP contribution in [0.3, 0.4) is 0 Å². The average Bonchev–Trinajstić information content (AvgIpc) is 2.83. The van der Waals surface area contributed by atoms with Crippen molar-refractivity contribution in [1.82, 2.24) is 10.3 Å². The number of fused-ring (bicyclic) bond motifs is 1. The summed E-state index contributed by atoms with van der Waals surface area (Å²) in [6.45, 7) is 3.22. The van der Waals surface area contributed by atoms with Gasteiger partial charge in [0.25, 0.3) is 15.9 Å². The summed E-state index contributed by atoms with van der Waals surface area (Å²) in [5.41, 5.74) is 0.783. The van der Waals surface area contributed by atoms with Gasteiger partial charge in [0, 0.05) is 6.42 Å². The van der Waals surface area contributed by atoms with Gasteiger partial charge in [-0.05, 0) is 56.3 Å². The van der Waals surface area contributed by atoms with Crippen LogP contribution in [-0.4, -0.2) is 44.1 Å². The van der Waals surface area contributed by atoms with E-state index < -0.39 is 33.9 Å². The molecule has 2 aromatic carbocycles. The van der Waals surface area contributed by atoms with Crippen molar-refractivity contribution in [2.45, 2.75) is 37.3 Å². The van der Waals surface area contributed by atoms with Crippen LogP contribution >= 0.6 is 23.2 Å². The molecule has 0 unspecified atom stereocenters. The first kappa shape index (κ1) is 27.6. The maximum atomic E-state index is 13.6. The molecule has 2 N–H and O–H groups in total. The molecule has 0 fully saturated rings. The van der Waals surface area contributed by atoms with Crippen LogP contribution in [0.15, 0.2) is 59.6 Å². The number of benzene rings is 2. The van der Waals surface area contributed by atoms with Crippen molar-refractivity contribution < 1.29 is 27.1 Å². The highest BCUT2D eigenvalue weighted by Gasteiger charge is 2.35. The summed E-state index contributed by atoms with van der Waals surface area (Å²) in [6, 6.07) is 9.78. The molecule has 4 rings (SSSR count). The summed E-state index contributed by atoms with van der Waals surface area (Å²) in [6.07, 6.45) is 0.482. The Morgan fingerprint density at radius 3 is 2.42 bits per heavy atom. The number of halogens is 3. The topological polar surface area (TPSA) is 118 Å². The Morgan fingerprint density at radius 1 is 1.13 bits per heavy atom. The van der Waals surface area contributed by atoms with Crippen molar-refractivity contribution in [1.29, 1.82) is 0 Å². The van der Waals surface area contributed by atoms with E-state index in [0.717, 1.165) is 28.6 Å². The van der Waals surface area contributed by atoms with Gasteiger partial charge >= 0.3 is 6.09 Å². The van der Waals surface area contributed by atoms with Crippen molar-refractivity contribution in [3.05, 3.63) is 81.8 Å². The highest BCUT2D eigenvalue weighted by molar-refractivity contribution is 7.92. The van der Waals surface area contributed by atoms with E-state index in [4.69, 9.17) is 27.9 Å². The Labute approximate surface area is 229 Å². The molecule has 2 heterocycles. The van der Waals surface area contributed by atoms with Gasteiger partial charge in [-0.2, -0.15) is 0 Å². The lowest BCUT2D eigenvalue weighted by molar-refractivity contribution is 0.102. The smallest absolute Gasteiger partial charge is 0.407 e. The summed E-state index contributed by atoms with van der Waals surface area (Å²) in [7, 11) is -4.22. The predicted molar refractivity (Wildman–Crippen MR) is 142 cm³/mol. The molecule has 0 radical (unpaired) electrons. The zero-order valence-electron chi connectivity index (χ0n) is 20.2. The van der Waals surface area contributed by atoms with E-state index in [9.17, 15) is 22.4 Å². The van der Waals surface area contributed by atoms with Crippen LogP contribution in [0, 0.1) is 5.82 Å². The Morgan fingerprint density at radius 2 is 1.79 bits per heavy atom. The van der Waals surface area contributed by atoms with Gasteiger partial charge in [0.1, 0.15) is 5.82 Å². The number of nitrogens with zero attached hydrogens (tertiary/aromatic N) is 2. The second kappa shape index (κ2) is 11.1. The number of rotatable bonds is 6. The third-order valence-corrected chi connectivity index (χ3v) is 7.98. The maximum Gasteiger partial charge on any atom is 0.407 e. The molecule has 0 bridgehead atoms. The molecule has 0 saturated carbocycles. The fourth-order valence-electron chi connectivity index (χ4n) is 3.90. The van der Waals surface area contributed by atoms with Crippen LogP contribution in [0.25, 0.3) is 0 Å². The van der Waals surface area contributed by atoms with E-state index in [2.05, 4.69) is 15.6 Å². The molecule has 0 spiro atoms. The van der Waals surface area contributed by atoms with E-state index >= 15 is 0 Å². The molecular formula is C25H23Cl2FN4O5S. The second-order valence-electron chi connectivity index (χ2n) is 8.73. The molecule has 1 aliphatic rings. The minimum Gasteiger partial charge on any atom is -0.447 e. The molecule has 3 aromatic rings. The highest BCUT2D eigenvalue weighted by atomic mass is 35.5. The zero-order chi connectivity index (χ0) is 27.6. The Kier molecular flexibility index (Phi) is 8.10. The van der Waals surface area contributed by atoms with Crippen LogP contribution in [0.5, 0.6) is 0 Å². The monoisotopic (exact) mass is 580 g/mol. The number of aromatic nitrogens is 1. The van der Waals surface area contributed by atoms with Gasteiger partial charge in [-0.3, -0.25) is 14.1 Å². The van der Waals surface area contributed by atoms with Gasteiger partial charge in [0.05, 0.1) is 62.5 Å². The number of sulfonamides is 1. The molecule has 1 aromatic heterocycles. The average molecular weight is 581 g/mol. The van der Waals surface area contributed by atoms with E-state index in [1.165, 1.54) is 24.4 Å². The summed E-state index contributed by atoms with van der Waals surface area (Å²) >= 11 is 12.3. The minimum atomic E-state index is -4.22. The van der Waals surface area contributed by atoms with Crippen LogP contribution in [0.1, 0.15) is 29.9 Å². The van der Waals surface area contributed by atoms with Gasteiger partial charge < -0.3 is 15.4 Å². The van der Waals surface area contributed by atoms with E-state index in [0.29, 0.717) is 5.69 Å². The van der Waals surface area contributed by atoms with Crippen molar-refractivity contribution in [2.75, 3.05) is 16.2 Å². The molecule has 2 amide bonds. The van der Waals surface area contributed by atoms with E-state index in [1.807, 2.05) is 0 Å². The lowest BCUT2D eigenvalue weighted by Gasteiger charge is -2.35. The van der Waals surface area contributed by atoms with Crippen molar-refractivity contribution >= 4 is 56.6 Å². The molecule has 1 aliphatic heterocycles. The zero-order valence-corrected chi connectivity index (χ0v) is 22.6. The van der Waals surface area contributed by atoms with Gasteiger partial charge in [-0.25, -0.2) is 17.6 Å². The highest BCUT2D eigenvalue weighted by Crippen LogP contribution is 2.34. The second-order valence-corrected chi connectivity index (χ2v) is 11.4. The number of hydrogen-bond donors (Lipinski definition) is 2. The summed E-state index contributed by atoms with van der Waals surface area (Å²) < 4.78 is 46.9. The minimum absolute atomic E-state index is 0.0530. The molecule has 0 saturated heterocycles. The van der Waals surface area contributed by atoms with Gasteiger partial charge in [-0.1, -0.05) is 29.3 Å². The number of carbonyl (C=O) groups is 2. The standard InChI is InChI=1S/C25H23Cl2FN4O5S/c1-14(2)37-25(34)31-17-10-21-22(32(13-17)38(35,36)18-8-6-15(28)7-9-18)11-16(12-29-21)30-24(33)23-19(26)4-3-5-20(23)27/h3-9,11-12,14,17H,10,13H2,1-2H3,(H,30,33)(H,31,34)/t17-/m0/s1. The fraction of sp³-hybridized carbons (Fsp3) is 0.240. The summed E-state index contributed by atoms with van der Waals surface area (Å²) in [5, 5.41) is 5.60. The molecular weight excluding hydrogens is 558 g/mol. The maximum absolute atomic E-state index is 13.6. The SMILES string of the molecule is CC(C)OC(=O)N[C@H]1Cc2ncc(NC(=O)c3c(Cl)cccc3Cl)cc2N(S(=O)(=O)c2ccc(F)cc2)C1. The predicted octanol–water partition coefficient (Wildman–Crippen LogP) is 5.03. The van der Waals surface area contributed by atoms with Crippen molar-refractivity contribution in [2.24, 2.45) is 0 Å². The fourth-order valence-corrected chi connectivity index (χ4v) is 6.00. The number of alkyl carbamates (subject to hydrolysis) is 1. The third kappa shape index (κ3) is 6.01. The van der Waals surface area contributed by atoms with Gasteiger partial charge in [-0.15, -0.1) is 0 Å². The summed E-state index contributed by atoms with van der Waals surface area (Å²) in [5.74, 6) is -1.20. The Balaban J connectivity index is 1.70. The quantitative estimate of drug-likeness (QED) is 0.422. The third-order valence-electron chi connectivity index (χ3n) is 5.56. The Bertz CT molecular complexity index is 1470. The van der Waals surface area contributed by atoms with E-state index in [-0.39, 0.29) is 50.9 Å². The largest absolute Gasteiger partial charge is 0.447 e. The molecule has 38 heavy (non-hydrogen) atoms. The number of carbonyl (C=O) groups excluding carboxylic acids is 2. The number of pyridine rings is 1.